The van der Waals surface area contributed by atoms with Gasteiger partial charge in [0.1, 0.15) is 0 Å². The minimum Gasteiger partial charge on any atom is -0.400 e. The molecule has 1 N–H and O–H groups in total. The average molecular weight is 345 g/mol. The third-order valence-corrected chi connectivity index (χ3v) is 7.27. The fourth-order valence-corrected chi connectivity index (χ4v) is 5.79. The monoisotopic (exact) mass is 344 g/mol. The predicted molar refractivity (Wildman–Crippen MR) is 110 cm³/mol. The summed E-state index contributed by atoms with van der Waals surface area (Å²) < 4.78 is 0. The smallest absolute Gasteiger partial charge is 0.0319 e. The normalized spacial score (nSPS) is 36.4. The van der Waals surface area contributed by atoms with E-state index in [4.69, 9.17) is 5.11 Å². The molecule has 0 saturated heterocycles. The van der Waals surface area contributed by atoms with Crippen molar-refractivity contribution in [3.05, 3.63) is 35.5 Å². The number of fused-ring (bicyclic) bond motifs is 1. The molecule has 1 heteroatoms. The van der Waals surface area contributed by atoms with Gasteiger partial charge in [-0.1, -0.05) is 63.0 Å². The second-order valence-electron chi connectivity index (χ2n) is 8.55. The maximum atomic E-state index is 7.00. The Labute approximate surface area is 156 Å². The van der Waals surface area contributed by atoms with Gasteiger partial charge in [-0.15, -0.1) is 0 Å². The first kappa shape index (κ1) is 20.5. The Morgan fingerprint density at radius 1 is 1.00 bits per heavy atom. The van der Waals surface area contributed by atoms with Crippen molar-refractivity contribution in [3.63, 3.8) is 0 Å². The number of allylic oxidation sites excluding steroid dienone is 5. The fourth-order valence-electron chi connectivity index (χ4n) is 5.79. The highest BCUT2D eigenvalue weighted by atomic mass is 16.2. The van der Waals surface area contributed by atoms with Crippen LogP contribution in [0.5, 0.6) is 0 Å². The van der Waals surface area contributed by atoms with Crippen LogP contribution in [0.15, 0.2) is 35.5 Å². The van der Waals surface area contributed by atoms with E-state index < -0.39 is 0 Å². The summed E-state index contributed by atoms with van der Waals surface area (Å²) in [5.41, 5.74) is 5.28. The third kappa shape index (κ3) is 4.67. The van der Waals surface area contributed by atoms with Gasteiger partial charge in [-0.05, 0) is 80.6 Å². The Morgan fingerprint density at radius 3 is 2.44 bits per heavy atom. The van der Waals surface area contributed by atoms with Crippen LogP contribution in [0.4, 0.5) is 0 Å². The average Bonchev–Trinajstić information content (AvgIpc) is 2.81. The van der Waals surface area contributed by atoms with Crippen molar-refractivity contribution in [2.45, 2.75) is 90.9 Å². The maximum Gasteiger partial charge on any atom is 0.0319 e. The molecule has 0 spiro atoms. The second kappa shape index (κ2) is 9.76. The standard InChI is InChI=1S/C23H36.CH4O/c1-4-21-13-7-8-14-22-20(12-9-17-23(21,22)3)16-15-19-11-6-5-10-18(19)2;1-2/h15-16,21-22H,2,4-14,17H2,1,3H3;2H,1H3/b19-15-,20-16+;. The lowest BCUT2D eigenvalue weighted by molar-refractivity contribution is 0.0769. The van der Waals surface area contributed by atoms with Crippen molar-refractivity contribution in [2.75, 3.05) is 7.11 Å². The lowest BCUT2D eigenvalue weighted by atomic mass is 9.58. The van der Waals surface area contributed by atoms with Gasteiger partial charge >= 0.3 is 0 Å². The van der Waals surface area contributed by atoms with Gasteiger partial charge in [0.2, 0.25) is 0 Å². The molecule has 3 saturated carbocycles. The molecule has 3 atom stereocenters. The van der Waals surface area contributed by atoms with Crippen LogP contribution in [0.3, 0.4) is 0 Å². The maximum absolute atomic E-state index is 7.00. The van der Waals surface area contributed by atoms with E-state index in [-0.39, 0.29) is 0 Å². The van der Waals surface area contributed by atoms with Crippen LogP contribution < -0.4 is 0 Å². The molecule has 3 aliphatic carbocycles. The van der Waals surface area contributed by atoms with Gasteiger partial charge < -0.3 is 5.11 Å². The fraction of sp³-hybridized carbons (Fsp3) is 0.750. The summed E-state index contributed by atoms with van der Waals surface area (Å²) in [4.78, 5) is 0. The molecule has 3 rings (SSSR count). The van der Waals surface area contributed by atoms with Gasteiger partial charge in [-0.3, -0.25) is 0 Å². The summed E-state index contributed by atoms with van der Waals surface area (Å²) in [5.74, 6) is 1.79. The van der Waals surface area contributed by atoms with Gasteiger partial charge in [0.25, 0.3) is 0 Å². The predicted octanol–water partition coefficient (Wildman–Crippen LogP) is 6.98. The lowest BCUT2D eigenvalue weighted by Crippen LogP contribution is -2.38. The molecule has 3 aliphatic rings. The van der Waals surface area contributed by atoms with Gasteiger partial charge in [-0.2, -0.15) is 0 Å². The van der Waals surface area contributed by atoms with Crippen molar-refractivity contribution in [1.29, 1.82) is 0 Å². The molecule has 0 amide bonds. The number of rotatable bonds is 2. The van der Waals surface area contributed by atoms with Crippen LogP contribution in [-0.4, -0.2) is 12.2 Å². The summed E-state index contributed by atoms with van der Waals surface area (Å²) >= 11 is 0. The third-order valence-electron chi connectivity index (χ3n) is 7.27. The highest BCUT2D eigenvalue weighted by molar-refractivity contribution is 5.35. The molecule has 25 heavy (non-hydrogen) atoms. The summed E-state index contributed by atoms with van der Waals surface area (Å²) in [5, 5.41) is 7.00. The van der Waals surface area contributed by atoms with Crippen molar-refractivity contribution >= 4 is 0 Å². The highest BCUT2D eigenvalue weighted by Crippen LogP contribution is 2.55. The molecule has 0 aromatic heterocycles. The molecular weight excluding hydrogens is 304 g/mol. The van der Waals surface area contributed by atoms with E-state index in [1.165, 1.54) is 88.2 Å². The van der Waals surface area contributed by atoms with Crippen molar-refractivity contribution in [3.8, 4) is 0 Å². The first-order valence-corrected chi connectivity index (χ1v) is 10.7. The molecule has 3 unspecified atom stereocenters. The van der Waals surface area contributed by atoms with Gasteiger partial charge in [0.15, 0.2) is 0 Å². The Kier molecular flexibility index (Phi) is 8.00. The molecule has 3 fully saturated rings. The molecule has 0 aromatic carbocycles. The molecule has 1 nitrogen and oxygen atoms in total. The van der Waals surface area contributed by atoms with E-state index in [9.17, 15) is 0 Å². The zero-order valence-electron chi connectivity index (χ0n) is 16.9. The lowest BCUT2D eigenvalue weighted by Gasteiger charge is -2.47. The number of aliphatic hydroxyl groups excluding tert-OH is 1. The summed E-state index contributed by atoms with van der Waals surface area (Å²) in [6, 6.07) is 0. The van der Waals surface area contributed by atoms with Crippen LogP contribution in [0.25, 0.3) is 0 Å². The zero-order chi connectivity index (χ0) is 18.3. The van der Waals surface area contributed by atoms with E-state index in [0.29, 0.717) is 5.41 Å². The van der Waals surface area contributed by atoms with Crippen LogP contribution in [0.2, 0.25) is 0 Å². The van der Waals surface area contributed by atoms with Gasteiger partial charge in [0, 0.05) is 7.11 Å². The largest absolute Gasteiger partial charge is 0.400 e. The van der Waals surface area contributed by atoms with Gasteiger partial charge in [-0.25, -0.2) is 0 Å². The zero-order valence-corrected chi connectivity index (χ0v) is 16.9. The minimum absolute atomic E-state index is 0.567. The molecule has 0 radical (unpaired) electrons. The highest BCUT2D eigenvalue weighted by Gasteiger charge is 2.44. The van der Waals surface area contributed by atoms with Crippen LogP contribution in [-0.2, 0) is 0 Å². The number of aliphatic hydroxyl groups is 1. The van der Waals surface area contributed by atoms with E-state index in [0.717, 1.165) is 18.9 Å². The summed E-state index contributed by atoms with van der Waals surface area (Å²) in [6.45, 7) is 9.34. The minimum atomic E-state index is 0.567. The number of hydrogen-bond donors (Lipinski definition) is 1. The number of hydrogen-bond acceptors (Lipinski definition) is 1. The Bertz CT molecular complexity index is 498. The van der Waals surface area contributed by atoms with E-state index in [2.05, 4.69) is 32.6 Å². The van der Waals surface area contributed by atoms with Crippen LogP contribution in [0.1, 0.15) is 90.9 Å². The van der Waals surface area contributed by atoms with Gasteiger partial charge in [0.05, 0.1) is 0 Å². The first-order chi connectivity index (χ1) is 12.1. The summed E-state index contributed by atoms with van der Waals surface area (Å²) in [7, 11) is 1.00. The van der Waals surface area contributed by atoms with E-state index in [1.54, 1.807) is 5.57 Å². The molecule has 0 bridgehead atoms. The SMILES string of the molecule is C=C1CCCC/C1=C/C=C1\CCCC2(C)C(CC)CCCCC12.CO. The second-order valence-corrected chi connectivity index (χ2v) is 8.55. The quantitative estimate of drug-likeness (QED) is 0.572. The molecule has 0 aromatic rings. The Balaban J connectivity index is 0.00000109. The summed E-state index contributed by atoms with van der Waals surface area (Å²) in [6.07, 6.45) is 21.5. The van der Waals surface area contributed by atoms with Crippen molar-refractivity contribution in [2.24, 2.45) is 17.3 Å². The molecule has 142 valence electrons. The molecule has 0 heterocycles. The van der Waals surface area contributed by atoms with E-state index in [1.807, 2.05) is 0 Å². The Morgan fingerprint density at radius 2 is 1.72 bits per heavy atom. The van der Waals surface area contributed by atoms with Crippen LogP contribution >= 0.6 is 0 Å². The van der Waals surface area contributed by atoms with Crippen molar-refractivity contribution in [1.82, 2.24) is 0 Å². The molecule has 0 aliphatic heterocycles. The van der Waals surface area contributed by atoms with Crippen molar-refractivity contribution < 1.29 is 5.11 Å². The van der Waals surface area contributed by atoms with E-state index >= 15 is 0 Å². The first-order valence-electron chi connectivity index (χ1n) is 10.7. The topological polar surface area (TPSA) is 20.2 Å². The Hall–Kier alpha value is -0.820. The van der Waals surface area contributed by atoms with Crippen LogP contribution in [0, 0.1) is 17.3 Å². The molecular formula is C24H40O.